The minimum atomic E-state index is -0.437. The number of rotatable bonds is 1. The van der Waals surface area contributed by atoms with Gasteiger partial charge in [0.25, 0.3) is 0 Å². The van der Waals surface area contributed by atoms with Crippen LogP contribution >= 0.6 is 0 Å². The van der Waals surface area contributed by atoms with Gasteiger partial charge in [0.2, 0.25) is 0 Å². The molecule has 0 unspecified atom stereocenters. The van der Waals surface area contributed by atoms with Gasteiger partial charge in [-0.15, -0.1) is 0 Å². The number of aryl methyl sites for hydroxylation is 1. The van der Waals surface area contributed by atoms with Gasteiger partial charge in [0.1, 0.15) is 0 Å². The number of nitro groups is 1. The van der Waals surface area contributed by atoms with Crippen LogP contribution in [0.3, 0.4) is 0 Å². The average Bonchev–Trinajstić information content (AvgIpc) is 1.94. The summed E-state index contributed by atoms with van der Waals surface area (Å²) in [6.07, 6.45) is 1.60. The van der Waals surface area contributed by atoms with Crippen LogP contribution in [-0.4, -0.2) is 26.8 Å². The molecule has 56 valence electrons. The molecule has 0 aliphatic heterocycles. The first kappa shape index (κ1) is 8.21. The van der Waals surface area contributed by atoms with Crippen LogP contribution in [0.25, 0.3) is 0 Å². The van der Waals surface area contributed by atoms with Gasteiger partial charge < -0.3 is 0 Å². The Morgan fingerprint density at radius 3 is 2.82 bits per heavy atom. The second kappa shape index (κ2) is 3.01. The zero-order valence-corrected chi connectivity index (χ0v) is 7.69. The Morgan fingerprint density at radius 2 is 2.36 bits per heavy atom. The molecule has 0 aliphatic rings. The molecular weight excluding hydrogens is 207 g/mol. The predicted octanol–water partition coefficient (Wildman–Crippen LogP) is 0.0920. The van der Waals surface area contributed by atoms with Gasteiger partial charge >= 0.3 is 71.8 Å². The third-order valence-electron chi connectivity index (χ3n) is 1.18. The van der Waals surface area contributed by atoms with Crippen LogP contribution in [-0.2, 0) is 0 Å². The van der Waals surface area contributed by atoms with Gasteiger partial charge in [-0.1, -0.05) is 0 Å². The van der Waals surface area contributed by atoms with Gasteiger partial charge in [0, 0.05) is 0 Å². The van der Waals surface area contributed by atoms with E-state index in [9.17, 15) is 10.1 Å². The summed E-state index contributed by atoms with van der Waals surface area (Å²) < 4.78 is 0.396. The van der Waals surface area contributed by atoms with Gasteiger partial charge in [-0.3, -0.25) is 0 Å². The molecule has 0 aliphatic carbocycles. The van der Waals surface area contributed by atoms with Gasteiger partial charge in [-0.25, -0.2) is 0 Å². The maximum absolute atomic E-state index is 10.3. The molecule has 5 heteroatoms. The number of pyridine rings is 1. The van der Waals surface area contributed by atoms with Crippen molar-refractivity contribution in [2.45, 2.75) is 6.92 Å². The maximum atomic E-state index is 10.3. The van der Waals surface area contributed by atoms with Crippen LogP contribution in [0, 0.1) is 17.0 Å². The molecule has 4 nitrogen and oxygen atoms in total. The Hall–Kier alpha value is -0.892. The topological polar surface area (TPSA) is 56.0 Å². The SMILES string of the molecule is Cc1cnc([As])c([N+](=O)[O-])c1. The zero-order chi connectivity index (χ0) is 8.43. The normalized spacial score (nSPS) is 9.64. The Balaban J connectivity index is 3.23. The summed E-state index contributed by atoms with van der Waals surface area (Å²) in [5.74, 6) is 0. The van der Waals surface area contributed by atoms with E-state index < -0.39 is 4.92 Å². The fraction of sp³-hybridized carbons (Fsp3) is 0.167. The van der Waals surface area contributed by atoms with Crippen molar-refractivity contribution in [3.63, 3.8) is 0 Å². The summed E-state index contributed by atoms with van der Waals surface area (Å²) >= 11 is 2.07. The first-order chi connectivity index (χ1) is 5.11. The van der Waals surface area contributed by atoms with E-state index in [2.05, 4.69) is 21.8 Å². The van der Waals surface area contributed by atoms with E-state index in [4.69, 9.17) is 0 Å². The molecule has 1 rings (SSSR count). The van der Waals surface area contributed by atoms with Gasteiger partial charge in [-0.2, -0.15) is 0 Å². The molecule has 0 spiro atoms. The first-order valence-electron chi connectivity index (χ1n) is 2.91. The second-order valence-corrected chi connectivity index (χ2v) is 3.00. The third kappa shape index (κ3) is 1.77. The second-order valence-electron chi connectivity index (χ2n) is 2.11. The Bertz CT molecular complexity index is 301. The molecule has 2 radical (unpaired) electrons. The molecule has 0 fully saturated rings. The number of hydrogen-bond acceptors (Lipinski definition) is 3. The standard InChI is InChI=1S/C6H5AsN2O2/c1-4-2-5(9(10)11)6(7)8-3-4/h2-3H,1H3. The van der Waals surface area contributed by atoms with Crippen molar-refractivity contribution in [1.82, 2.24) is 4.98 Å². The van der Waals surface area contributed by atoms with Crippen molar-refractivity contribution in [3.8, 4) is 0 Å². The minimum absolute atomic E-state index is 0.0602. The zero-order valence-electron chi connectivity index (χ0n) is 5.81. The molecular formula is C6H5AsN2O2. The number of aromatic nitrogens is 1. The summed E-state index contributed by atoms with van der Waals surface area (Å²) in [6.45, 7) is 1.77. The summed E-state index contributed by atoms with van der Waals surface area (Å²) in [4.78, 5) is 13.7. The van der Waals surface area contributed by atoms with E-state index in [1.54, 1.807) is 13.1 Å². The Morgan fingerprint density at radius 1 is 1.73 bits per heavy atom. The van der Waals surface area contributed by atoms with E-state index in [-0.39, 0.29) is 5.69 Å². The van der Waals surface area contributed by atoms with Crippen molar-refractivity contribution in [2.24, 2.45) is 0 Å². The predicted molar refractivity (Wildman–Crippen MR) is 41.0 cm³/mol. The molecule has 0 amide bonds. The van der Waals surface area contributed by atoms with E-state index in [0.717, 1.165) is 5.56 Å². The van der Waals surface area contributed by atoms with Crippen LogP contribution in [0.15, 0.2) is 12.3 Å². The Kier molecular flexibility index (Phi) is 2.24. The molecule has 0 bridgehead atoms. The van der Waals surface area contributed by atoms with Crippen molar-refractivity contribution in [1.29, 1.82) is 0 Å². The molecule has 0 saturated carbocycles. The molecule has 0 atom stereocenters. The monoisotopic (exact) mass is 212 g/mol. The first-order valence-corrected chi connectivity index (χ1v) is 3.85. The molecule has 0 saturated heterocycles. The molecule has 0 aromatic carbocycles. The van der Waals surface area contributed by atoms with E-state index >= 15 is 0 Å². The van der Waals surface area contributed by atoms with E-state index in [1.165, 1.54) is 6.07 Å². The van der Waals surface area contributed by atoms with Crippen LogP contribution in [0.1, 0.15) is 5.56 Å². The van der Waals surface area contributed by atoms with Crippen molar-refractivity contribution >= 4 is 27.0 Å². The molecule has 11 heavy (non-hydrogen) atoms. The summed E-state index contributed by atoms with van der Waals surface area (Å²) in [6, 6.07) is 1.50. The quantitative estimate of drug-likeness (QED) is 0.376. The van der Waals surface area contributed by atoms with Crippen LogP contribution in [0.4, 0.5) is 5.69 Å². The Labute approximate surface area is 72.3 Å². The van der Waals surface area contributed by atoms with Crippen molar-refractivity contribution in [2.75, 3.05) is 0 Å². The third-order valence-corrected chi connectivity index (χ3v) is 1.90. The number of hydrogen-bond donors (Lipinski definition) is 0. The van der Waals surface area contributed by atoms with Gasteiger partial charge in [0.15, 0.2) is 0 Å². The van der Waals surface area contributed by atoms with Crippen LogP contribution < -0.4 is 4.48 Å². The van der Waals surface area contributed by atoms with Crippen molar-refractivity contribution < 1.29 is 4.92 Å². The van der Waals surface area contributed by atoms with Crippen LogP contribution in [0.2, 0.25) is 0 Å². The van der Waals surface area contributed by atoms with Gasteiger partial charge in [0.05, 0.1) is 0 Å². The summed E-state index contributed by atoms with van der Waals surface area (Å²) in [5.41, 5.74) is 0.858. The van der Waals surface area contributed by atoms with Crippen LogP contribution in [0.5, 0.6) is 0 Å². The fourth-order valence-corrected chi connectivity index (χ4v) is 1.11. The summed E-state index contributed by atoms with van der Waals surface area (Å²) in [7, 11) is 0. The van der Waals surface area contributed by atoms with Crippen molar-refractivity contribution in [3.05, 3.63) is 27.9 Å². The number of nitrogens with zero attached hydrogens (tertiary/aromatic N) is 2. The van der Waals surface area contributed by atoms with Gasteiger partial charge in [-0.05, 0) is 0 Å². The molecule has 1 heterocycles. The molecule has 1 aromatic rings. The molecule has 1 aromatic heterocycles. The molecule has 0 N–H and O–H groups in total. The van der Waals surface area contributed by atoms with E-state index in [1.807, 2.05) is 0 Å². The average molecular weight is 212 g/mol. The van der Waals surface area contributed by atoms with E-state index in [0.29, 0.717) is 4.48 Å². The fourth-order valence-electron chi connectivity index (χ4n) is 0.681. The summed E-state index contributed by atoms with van der Waals surface area (Å²) in [5, 5.41) is 10.3.